The normalized spacial score (nSPS) is 11.6. The van der Waals surface area contributed by atoms with Gasteiger partial charge in [-0.05, 0) is 24.1 Å². The lowest BCUT2D eigenvalue weighted by Gasteiger charge is -2.09. The first-order valence-electron chi connectivity index (χ1n) is 6.41. The van der Waals surface area contributed by atoms with Gasteiger partial charge in [0.1, 0.15) is 0 Å². The third-order valence-corrected chi connectivity index (χ3v) is 3.59. The standard InChI is InChI=1S/C13H21N3O3S/c1-10(2)16-9-13(17)15-8-7-11-3-5-12(6-4-11)20(14,18)19/h3-6,10,16H,7-9H2,1-2H3,(H,15,17)(H2,14,18,19). The Morgan fingerprint density at radius 3 is 2.35 bits per heavy atom. The average Bonchev–Trinajstić information content (AvgIpc) is 2.36. The van der Waals surface area contributed by atoms with Gasteiger partial charge in [0.15, 0.2) is 0 Å². The van der Waals surface area contributed by atoms with Gasteiger partial charge in [-0.3, -0.25) is 4.79 Å². The molecule has 0 fully saturated rings. The second-order valence-electron chi connectivity index (χ2n) is 4.82. The van der Waals surface area contributed by atoms with E-state index in [1.165, 1.54) is 12.1 Å². The molecule has 1 aromatic carbocycles. The molecule has 0 aliphatic heterocycles. The molecule has 20 heavy (non-hydrogen) atoms. The van der Waals surface area contributed by atoms with Gasteiger partial charge in [0, 0.05) is 12.6 Å². The Labute approximate surface area is 119 Å². The fraction of sp³-hybridized carbons (Fsp3) is 0.462. The van der Waals surface area contributed by atoms with Crippen molar-refractivity contribution in [3.63, 3.8) is 0 Å². The summed E-state index contributed by atoms with van der Waals surface area (Å²) in [6, 6.07) is 6.59. The van der Waals surface area contributed by atoms with Gasteiger partial charge in [0.2, 0.25) is 15.9 Å². The van der Waals surface area contributed by atoms with E-state index in [-0.39, 0.29) is 16.8 Å². The Morgan fingerprint density at radius 2 is 1.85 bits per heavy atom. The molecule has 0 saturated carbocycles. The molecule has 0 aliphatic rings. The van der Waals surface area contributed by atoms with Crippen molar-refractivity contribution in [3.8, 4) is 0 Å². The minimum atomic E-state index is -3.65. The molecule has 4 N–H and O–H groups in total. The van der Waals surface area contributed by atoms with Crippen LogP contribution < -0.4 is 15.8 Å². The second kappa shape index (κ2) is 7.37. The van der Waals surface area contributed by atoms with Crippen LogP contribution in [0.4, 0.5) is 0 Å². The second-order valence-corrected chi connectivity index (χ2v) is 6.39. The fourth-order valence-corrected chi connectivity index (χ4v) is 2.07. The van der Waals surface area contributed by atoms with E-state index in [2.05, 4.69) is 10.6 Å². The van der Waals surface area contributed by atoms with Gasteiger partial charge in [0.05, 0.1) is 11.4 Å². The van der Waals surface area contributed by atoms with Crippen LogP contribution >= 0.6 is 0 Å². The van der Waals surface area contributed by atoms with Crippen molar-refractivity contribution in [2.75, 3.05) is 13.1 Å². The van der Waals surface area contributed by atoms with Crippen molar-refractivity contribution < 1.29 is 13.2 Å². The van der Waals surface area contributed by atoms with Crippen LogP contribution in [0.3, 0.4) is 0 Å². The first kappa shape index (κ1) is 16.6. The molecule has 7 heteroatoms. The molecular weight excluding hydrogens is 278 g/mol. The first-order chi connectivity index (χ1) is 9.29. The zero-order valence-corrected chi connectivity index (χ0v) is 12.5. The van der Waals surface area contributed by atoms with E-state index in [1.54, 1.807) is 12.1 Å². The molecule has 6 nitrogen and oxygen atoms in total. The summed E-state index contributed by atoms with van der Waals surface area (Å²) in [6.07, 6.45) is 0.637. The Balaban J connectivity index is 2.38. The highest BCUT2D eigenvalue weighted by molar-refractivity contribution is 7.89. The smallest absolute Gasteiger partial charge is 0.238 e. The molecule has 0 atom stereocenters. The van der Waals surface area contributed by atoms with Crippen LogP contribution in [0.2, 0.25) is 0 Å². The predicted octanol–water partition coefficient (Wildman–Crippen LogP) is -0.00930. The first-order valence-corrected chi connectivity index (χ1v) is 7.95. The molecule has 0 spiro atoms. The highest BCUT2D eigenvalue weighted by Crippen LogP contribution is 2.08. The van der Waals surface area contributed by atoms with Crippen molar-refractivity contribution in [1.29, 1.82) is 0 Å². The summed E-state index contributed by atoms with van der Waals surface area (Å²) in [7, 11) is -3.65. The molecule has 1 rings (SSSR count). The quantitative estimate of drug-likeness (QED) is 0.659. The predicted molar refractivity (Wildman–Crippen MR) is 77.7 cm³/mol. The van der Waals surface area contributed by atoms with Gasteiger partial charge in [-0.15, -0.1) is 0 Å². The van der Waals surface area contributed by atoms with E-state index >= 15 is 0 Å². The molecule has 0 bridgehead atoms. The third-order valence-electron chi connectivity index (χ3n) is 2.66. The number of nitrogens with one attached hydrogen (secondary N) is 2. The topological polar surface area (TPSA) is 101 Å². The van der Waals surface area contributed by atoms with Crippen molar-refractivity contribution in [2.24, 2.45) is 5.14 Å². The van der Waals surface area contributed by atoms with Gasteiger partial charge in [0.25, 0.3) is 0 Å². The van der Waals surface area contributed by atoms with Crippen molar-refractivity contribution in [1.82, 2.24) is 10.6 Å². The van der Waals surface area contributed by atoms with E-state index < -0.39 is 10.0 Å². The molecule has 0 unspecified atom stereocenters. The monoisotopic (exact) mass is 299 g/mol. The van der Waals surface area contributed by atoms with Gasteiger partial charge in [-0.25, -0.2) is 13.6 Å². The zero-order valence-electron chi connectivity index (χ0n) is 11.7. The van der Waals surface area contributed by atoms with Crippen LogP contribution in [-0.4, -0.2) is 33.5 Å². The van der Waals surface area contributed by atoms with Crippen LogP contribution in [0, 0.1) is 0 Å². The summed E-state index contributed by atoms with van der Waals surface area (Å²) in [5.74, 6) is -0.0557. The maximum atomic E-state index is 11.5. The highest BCUT2D eigenvalue weighted by atomic mass is 32.2. The number of carbonyl (C=O) groups is 1. The number of rotatable bonds is 7. The average molecular weight is 299 g/mol. The molecule has 112 valence electrons. The molecule has 1 aromatic rings. The van der Waals surface area contributed by atoms with Crippen LogP contribution in [0.1, 0.15) is 19.4 Å². The number of nitrogens with two attached hydrogens (primary N) is 1. The Morgan fingerprint density at radius 1 is 1.25 bits per heavy atom. The lowest BCUT2D eigenvalue weighted by atomic mass is 10.1. The van der Waals surface area contributed by atoms with Gasteiger partial charge < -0.3 is 10.6 Å². The molecule has 1 amide bonds. The summed E-state index contributed by atoms with van der Waals surface area (Å²) in [6.45, 7) is 4.75. The lowest BCUT2D eigenvalue weighted by molar-refractivity contribution is -0.120. The number of carbonyl (C=O) groups excluding carboxylic acids is 1. The minimum Gasteiger partial charge on any atom is -0.355 e. The van der Waals surface area contributed by atoms with E-state index in [4.69, 9.17) is 5.14 Å². The molecule has 0 radical (unpaired) electrons. The Bertz CT molecular complexity index is 538. The largest absolute Gasteiger partial charge is 0.355 e. The molecule has 0 aromatic heterocycles. The SMILES string of the molecule is CC(C)NCC(=O)NCCc1ccc(S(N)(=O)=O)cc1. The summed E-state index contributed by atoms with van der Waals surface area (Å²) >= 11 is 0. The highest BCUT2D eigenvalue weighted by Gasteiger charge is 2.07. The number of amides is 1. The Hall–Kier alpha value is -1.44. The van der Waals surface area contributed by atoms with Gasteiger partial charge in [-0.1, -0.05) is 26.0 Å². The van der Waals surface area contributed by atoms with Crippen molar-refractivity contribution in [2.45, 2.75) is 31.2 Å². The van der Waals surface area contributed by atoms with Crippen LogP contribution in [0.25, 0.3) is 0 Å². The van der Waals surface area contributed by atoms with E-state index in [0.29, 0.717) is 19.5 Å². The summed E-state index contributed by atoms with van der Waals surface area (Å²) < 4.78 is 22.2. The zero-order chi connectivity index (χ0) is 15.2. The van der Waals surface area contributed by atoms with Gasteiger partial charge in [-0.2, -0.15) is 0 Å². The summed E-state index contributed by atoms with van der Waals surface area (Å²) in [5, 5.41) is 10.8. The number of benzene rings is 1. The summed E-state index contributed by atoms with van der Waals surface area (Å²) in [5.41, 5.74) is 0.939. The maximum Gasteiger partial charge on any atom is 0.238 e. The number of hydrogen-bond acceptors (Lipinski definition) is 4. The maximum absolute atomic E-state index is 11.5. The van der Waals surface area contributed by atoms with Crippen LogP contribution in [0.5, 0.6) is 0 Å². The minimum absolute atomic E-state index is 0.0557. The van der Waals surface area contributed by atoms with E-state index in [9.17, 15) is 13.2 Å². The number of sulfonamides is 1. The van der Waals surface area contributed by atoms with E-state index in [1.807, 2.05) is 13.8 Å². The van der Waals surface area contributed by atoms with E-state index in [0.717, 1.165) is 5.56 Å². The van der Waals surface area contributed by atoms with Crippen molar-refractivity contribution in [3.05, 3.63) is 29.8 Å². The number of hydrogen-bond donors (Lipinski definition) is 3. The summed E-state index contributed by atoms with van der Waals surface area (Å²) in [4.78, 5) is 11.5. The molecular formula is C13H21N3O3S. The molecule has 0 aliphatic carbocycles. The van der Waals surface area contributed by atoms with Gasteiger partial charge >= 0.3 is 0 Å². The number of primary sulfonamides is 1. The molecule has 0 heterocycles. The lowest BCUT2D eigenvalue weighted by Crippen LogP contribution is -2.37. The Kier molecular flexibility index (Phi) is 6.12. The van der Waals surface area contributed by atoms with Crippen LogP contribution in [-0.2, 0) is 21.2 Å². The molecule has 0 saturated heterocycles. The fourth-order valence-electron chi connectivity index (χ4n) is 1.55. The van der Waals surface area contributed by atoms with Crippen LogP contribution in [0.15, 0.2) is 29.2 Å². The third kappa shape index (κ3) is 6.14. The van der Waals surface area contributed by atoms with Crippen molar-refractivity contribution >= 4 is 15.9 Å².